The lowest BCUT2D eigenvalue weighted by Crippen LogP contribution is -2.10. The van der Waals surface area contributed by atoms with Gasteiger partial charge in [0.2, 0.25) is 5.95 Å². The summed E-state index contributed by atoms with van der Waals surface area (Å²) in [7, 11) is 1.57. The van der Waals surface area contributed by atoms with Crippen molar-refractivity contribution in [2.24, 2.45) is 0 Å². The van der Waals surface area contributed by atoms with Crippen molar-refractivity contribution in [1.29, 1.82) is 0 Å². The molecule has 5 nitrogen and oxygen atoms in total. The van der Waals surface area contributed by atoms with E-state index >= 15 is 0 Å². The molecule has 140 valence electrons. The first-order valence-corrected chi connectivity index (χ1v) is 8.11. The molecule has 0 aliphatic rings. The molecule has 0 fully saturated rings. The standard InChI is InChI=1S/C18H14ClF3N4O/c1-27-13-5-3-12(4-6-13)24-16-8-9-23-17(26-16)25-15-7-2-11(19)10-14(15)18(20,21)22/h2-10H,1H3,(H2,23,24,25,26). The van der Waals surface area contributed by atoms with Crippen molar-refractivity contribution in [3.63, 3.8) is 0 Å². The Morgan fingerprint density at radius 3 is 2.41 bits per heavy atom. The monoisotopic (exact) mass is 394 g/mol. The summed E-state index contributed by atoms with van der Waals surface area (Å²) in [6.07, 6.45) is -3.13. The highest BCUT2D eigenvalue weighted by Gasteiger charge is 2.34. The molecule has 2 aromatic carbocycles. The summed E-state index contributed by atoms with van der Waals surface area (Å²) in [5.41, 5.74) is -0.344. The summed E-state index contributed by atoms with van der Waals surface area (Å²) in [6, 6.07) is 12.2. The maximum Gasteiger partial charge on any atom is 0.418 e. The maximum atomic E-state index is 13.2. The minimum Gasteiger partial charge on any atom is -0.497 e. The van der Waals surface area contributed by atoms with Crippen molar-refractivity contribution >= 4 is 34.7 Å². The fraction of sp³-hybridized carbons (Fsp3) is 0.111. The van der Waals surface area contributed by atoms with Gasteiger partial charge in [-0.3, -0.25) is 0 Å². The number of hydrogen-bond donors (Lipinski definition) is 2. The largest absolute Gasteiger partial charge is 0.497 e. The van der Waals surface area contributed by atoms with Gasteiger partial charge in [0, 0.05) is 16.9 Å². The predicted octanol–water partition coefficient (Wildman–Crippen LogP) is 5.64. The normalized spacial score (nSPS) is 11.1. The van der Waals surface area contributed by atoms with Gasteiger partial charge in [-0.15, -0.1) is 0 Å². The Balaban J connectivity index is 1.82. The van der Waals surface area contributed by atoms with Crippen molar-refractivity contribution in [2.45, 2.75) is 6.18 Å². The van der Waals surface area contributed by atoms with Crippen LogP contribution in [0.4, 0.5) is 36.3 Å². The number of nitrogens with one attached hydrogen (secondary N) is 2. The number of halogens is 4. The third-order valence-corrected chi connectivity index (χ3v) is 3.79. The summed E-state index contributed by atoms with van der Waals surface area (Å²) in [5.74, 6) is 1.13. The maximum absolute atomic E-state index is 13.2. The molecule has 27 heavy (non-hydrogen) atoms. The summed E-state index contributed by atoms with van der Waals surface area (Å²) >= 11 is 5.68. The topological polar surface area (TPSA) is 59.1 Å². The minimum atomic E-state index is -4.56. The van der Waals surface area contributed by atoms with Crippen molar-refractivity contribution in [3.05, 3.63) is 65.3 Å². The van der Waals surface area contributed by atoms with Gasteiger partial charge < -0.3 is 15.4 Å². The van der Waals surface area contributed by atoms with E-state index in [0.29, 0.717) is 11.6 Å². The first-order valence-electron chi connectivity index (χ1n) is 7.73. The molecule has 0 aliphatic carbocycles. The van der Waals surface area contributed by atoms with Crippen molar-refractivity contribution in [3.8, 4) is 5.75 Å². The average molecular weight is 395 g/mol. The Morgan fingerprint density at radius 1 is 1.00 bits per heavy atom. The SMILES string of the molecule is COc1ccc(Nc2ccnc(Nc3ccc(Cl)cc3C(F)(F)F)n2)cc1. The second-order valence-electron chi connectivity index (χ2n) is 5.43. The van der Waals surface area contributed by atoms with E-state index in [2.05, 4.69) is 20.6 Å². The van der Waals surface area contributed by atoms with Gasteiger partial charge >= 0.3 is 6.18 Å². The second-order valence-corrected chi connectivity index (χ2v) is 5.87. The van der Waals surface area contributed by atoms with E-state index in [-0.39, 0.29) is 16.7 Å². The lowest BCUT2D eigenvalue weighted by atomic mass is 10.1. The molecule has 1 heterocycles. The molecule has 0 amide bonds. The Kier molecular flexibility index (Phi) is 5.36. The molecule has 3 aromatic rings. The van der Waals surface area contributed by atoms with Crippen LogP contribution in [0.3, 0.4) is 0 Å². The molecule has 0 saturated heterocycles. The van der Waals surface area contributed by atoms with Crippen LogP contribution in [-0.2, 0) is 6.18 Å². The lowest BCUT2D eigenvalue weighted by molar-refractivity contribution is -0.136. The van der Waals surface area contributed by atoms with Crippen LogP contribution in [-0.4, -0.2) is 17.1 Å². The van der Waals surface area contributed by atoms with Crippen molar-refractivity contribution in [2.75, 3.05) is 17.7 Å². The number of methoxy groups -OCH3 is 1. The number of aromatic nitrogens is 2. The zero-order valence-corrected chi connectivity index (χ0v) is 14.8. The molecule has 3 rings (SSSR count). The van der Waals surface area contributed by atoms with Gasteiger partial charge in [-0.1, -0.05) is 11.6 Å². The van der Waals surface area contributed by atoms with E-state index in [9.17, 15) is 13.2 Å². The Hall–Kier alpha value is -3.00. The van der Waals surface area contributed by atoms with E-state index < -0.39 is 11.7 Å². The zero-order chi connectivity index (χ0) is 19.4. The lowest BCUT2D eigenvalue weighted by Gasteiger charge is -2.14. The van der Waals surface area contributed by atoms with Crippen LogP contribution in [0.25, 0.3) is 0 Å². The molecule has 0 spiro atoms. The highest BCUT2D eigenvalue weighted by Crippen LogP contribution is 2.37. The van der Waals surface area contributed by atoms with E-state index in [0.717, 1.165) is 11.8 Å². The van der Waals surface area contributed by atoms with Gasteiger partial charge in [-0.2, -0.15) is 18.2 Å². The van der Waals surface area contributed by atoms with E-state index in [1.165, 1.54) is 18.3 Å². The minimum absolute atomic E-state index is 0.0104. The molecule has 0 atom stereocenters. The molecule has 0 aliphatic heterocycles. The van der Waals surface area contributed by atoms with Crippen LogP contribution >= 0.6 is 11.6 Å². The molecule has 0 radical (unpaired) electrons. The highest BCUT2D eigenvalue weighted by molar-refractivity contribution is 6.30. The van der Waals surface area contributed by atoms with Crippen LogP contribution in [0.15, 0.2) is 54.7 Å². The van der Waals surface area contributed by atoms with Gasteiger partial charge in [-0.25, -0.2) is 4.98 Å². The zero-order valence-electron chi connectivity index (χ0n) is 14.0. The predicted molar refractivity (Wildman–Crippen MR) is 98.0 cm³/mol. The van der Waals surface area contributed by atoms with Crippen LogP contribution < -0.4 is 15.4 Å². The first kappa shape index (κ1) is 18.8. The van der Waals surface area contributed by atoms with Gasteiger partial charge in [0.1, 0.15) is 11.6 Å². The third kappa shape index (κ3) is 4.79. The molecule has 2 N–H and O–H groups in total. The second kappa shape index (κ2) is 7.71. The Morgan fingerprint density at radius 2 is 1.74 bits per heavy atom. The fourth-order valence-electron chi connectivity index (χ4n) is 2.29. The number of alkyl halides is 3. The van der Waals surface area contributed by atoms with E-state index in [1.54, 1.807) is 37.4 Å². The quantitative estimate of drug-likeness (QED) is 0.586. The molecule has 0 saturated carbocycles. The fourth-order valence-corrected chi connectivity index (χ4v) is 2.46. The van der Waals surface area contributed by atoms with Crippen molar-refractivity contribution < 1.29 is 17.9 Å². The van der Waals surface area contributed by atoms with E-state index in [1.807, 2.05) is 0 Å². The number of nitrogens with zero attached hydrogens (tertiary/aromatic N) is 2. The number of anilines is 4. The summed E-state index contributed by atoms with van der Waals surface area (Å²) in [5, 5.41) is 5.62. The molecular formula is C18H14ClF3N4O. The number of benzene rings is 2. The van der Waals surface area contributed by atoms with Crippen LogP contribution in [0.5, 0.6) is 5.75 Å². The highest BCUT2D eigenvalue weighted by atomic mass is 35.5. The third-order valence-electron chi connectivity index (χ3n) is 3.55. The molecule has 1 aromatic heterocycles. The van der Waals surface area contributed by atoms with Crippen LogP contribution in [0, 0.1) is 0 Å². The summed E-state index contributed by atoms with van der Waals surface area (Å²) < 4.78 is 44.7. The van der Waals surface area contributed by atoms with Crippen LogP contribution in [0.2, 0.25) is 5.02 Å². The van der Waals surface area contributed by atoms with Gasteiger partial charge in [0.25, 0.3) is 0 Å². The Bertz CT molecular complexity index is 933. The summed E-state index contributed by atoms with van der Waals surface area (Å²) in [4.78, 5) is 8.15. The van der Waals surface area contributed by atoms with Gasteiger partial charge in [-0.05, 0) is 48.5 Å². The smallest absolute Gasteiger partial charge is 0.418 e. The van der Waals surface area contributed by atoms with Crippen molar-refractivity contribution in [1.82, 2.24) is 9.97 Å². The Labute approximate surface area is 158 Å². The number of rotatable bonds is 5. The first-order chi connectivity index (χ1) is 12.8. The molecule has 0 unspecified atom stereocenters. The van der Waals surface area contributed by atoms with Gasteiger partial charge in [0.05, 0.1) is 18.4 Å². The van der Waals surface area contributed by atoms with E-state index in [4.69, 9.17) is 16.3 Å². The average Bonchev–Trinajstić information content (AvgIpc) is 2.63. The molecular weight excluding hydrogens is 381 g/mol. The molecule has 0 bridgehead atoms. The number of ether oxygens (including phenoxy) is 1. The summed E-state index contributed by atoms with van der Waals surface area (Å²) in [6.45, 7) is 0. The van der Waals surface area contributed by atoms with Crippen LogP contribution in [0.1, 0.15) is 5.56 Å². The van der Waals surface area contributed by atoms with Gasteiger partial charge in [0.15, 0.2) is 0 Å². The number of hydrogen-bond acceptors (Lipinski definition) is 5. The molecule has 9 heteroatoms.